The van der Waals surface area contributed by atoms with E-state index in [-0.39, 0.29) is 0 Å². The minimum Gasteiger partial charge on any atom is -0.314 e. The Hall–Kier alpha value is -0.0400. The van der Waals surface area contributed by atoms with Crippen LogP contribution >= 0.6 is 0 Å². The van der Waals surface area contributed by atoms with Crippen molar-refractivity contribution in [2.75, 3.05) is 6.54 Å². The average Bonchev–Trinajstić information content (AvgIpc) is 2.47. The first kappa shape index (κ1) is 13.4. The van der Waals surface area contributed by atoms with E-state index in [1.54, 1.807) is 0 Å². The number of nitrogens with one attached hydrogen (secondary N) is 1. The first-order chi connectivity index (χ1) is 8.25. The van der Waals surface area contributed by atoms with Crippen LogP contribution in [0.3, 0.4) is 0 Å². The van der Waals surface area contributed by atoms with E-state index in [1.807, 2.05) is 0 Å². The third-order valence-electron chi connectivity index (χ3n) is 5.17. The molecule has 0 aromatic rings. The monoisotopic (exact) mass is 237 g/mol. The maximum atomic E-state index is 3.82. The van der Waals surface area contributed by atoms with Gasteiger partial charge in [-0.2, -0.15) is 0 Å². The molecule has 0 spiro atoms. The van der Waals surface area contributed by atoms with Gasteiger partial charge in [0.05, 0.1) is 0 Å². The van der Waals surface area contributed by atoms with E-state index in [2.05, 4.69) is 19.2 Å². The highest BCUT2D eigenvalue weighted by Gasteiger charge is 2.21. The van der Waals surface area contributed by atoms with Crippen molar-refractivity contribution in [1.82, 2.24) is 5.32 Å². The van der Waals surface area contributed by atoms with E-state index in [0.29, 0.717) is 0 Å². The zero-order valence-electron chi connectivity index (χ0n) is 11.9. The summed E-state index contributed by atoms with van der Waals surface area (Å²) in [5, 5.41) is 3.82. The second kappa shape index (κ2) is 6.78. The van der Waals surface area contributed by atoms with E-state index >= 15 is 0 Å². The standard InChI is InChI=1S/C16H31N/c1-13(2)15-7-4-8-16(10-9-15)17-12-11-14-5-3-6-14/h13-17H,3-12H2,1-2H3. The Kier molecular flexibility index (Phi) is 5.34. The van der Waals surface area contributed by atoms with Crippen LogP contribution in [0.25, 0.3) is 0 Å². The van der Waals surface area contributed by atoms with Gasteiger partial charge in [0.1, 0.15) is 0 Å². The van der Waals surface area contributed by atoms with Crippen molar-refractivity contribution in [3.63, 3.8) is 0 Å². The third kappa shape index (κ3) is 4.28. The predicted molar refractivity (Wildman–Crippen MR) is 75.2 cm³/mol. The summed E-state index contributed by atoms with van der Waals surface area (Å²) >= 11 is 0. The summed E-state index contributed by atoms with van der Waals surface area (Å²) in [6.07, 6.45) is 13.2. The molecule has 100 valence electrons. The molecule has 1 nitrogen and oxygen atoms in total. The predicted octanol–water partition coefficient (Wildman–Crippen LogP) is 4.37. The maximum absolute atomic E-state index is 3.82. The molecule has 1 heteroatoms. The molecule has 2 atom stereocenters. The summed E-state index contributed by atoms with van der Waals surface area (Å²) in [4.78, 5) is 0. The molecule has 0 heterocycles. The Labute approximate surface area is 108 Å². The van der Waals surface area contributed by atoms with Crippen molar-refractivity contribution < 1.29 is 0 Å². The zero-order valence-corrected chi connectivity index (χ0v) is 11.9. The van der Waals surface area contributed by atoms with Gasteiger partial charge in [0.2, 0.25) is 0 Å². The van der Waals surface area contributed by atoms with Gasteiger partial charge in [0.25, 0.3) is 0 Å². The zero-order chi connectivity index (χ0) is 12.1. The van der Waals surface area contributed by atoms with Gasteiger partial charge >= 0.3 is 0 Å². The summed E-state index contributed by atoms with van der Waals surface area (Å²) in [5.74, 6) is 2.95. The lowest BCUT2D eigenvalue weighted by molar-refractivity contribution is 0.283. The molecule has 2 rings (SSSR count). The summed E-state index contributed by atoms with van der Waals surface area (Å²) in [6, 6.07) is 0.832. The molecule has 0 aromatic heterocycles. The van der Waals surface area contributed by atoms with E-state index in [9.17, 15) is 0 Å². The van der Waals surface area contributed by atoms with E-state index in [0.717, 1.165) is 23.8 Å². The second-order valence-electron chi connectivity index (χ2n) is 6.75. The summed E-state index contributed by atoms with van der Waals surface area (Å²) in [6.45, 7) is 6.08. The molecule has 2 saturated carbocycles. The normalized spacial score (nSPS) is 31.2. The number of hydrogen-bond acceptors (Lipinski definition) is 1. The van der Waals surface area contributed by atoms with Gasteiger partial charge in [-0.25, -0.2) is 0 Å². The SMILES string of the molecule is CC(C)C1CCCC(NCCC2CCC2)CC1. The minimum absolute atomic E-state index is 0.832. The largest absolute Gasteiger partial charge is 0.314 e. The fourth-order valence-electron chi connectivity index (χ4n) is 3.47. The Morgan fingerprint density at radius 1 is 0.941 bits per heavy atom. The Morgan fingerprint density at radius 2 is 1.71 bits per heavy atom. The van der Waals surface area contributed by atoms with Crippen molar-refractivity contribution in [2.45, 2.75) is 77.7 Å². The average molecular weight is 237 g/mol. The first-order valence-corrected chi connectivity index (χ1v) is 7.99. The number of rotatable bonds is 5. The lowest BCUT2D eigenvalue weighted by atomic mass is 9.83. The highest BCUT2D eigenvalue weighted by atomic mass is 14.9. The molecule has 0 radical (unpaired) electrons. The van der Waals surface area contributed by atoms with Gasteiger partial charge in [-0.15, -0.1) is 0 Å². The maximum Gasteiger partial charge on any atom is 0.00671 e. The molecule has 2 unspecified atom stereocenters. The van der Waals surface area contributed by atoms with Crippen LogP contribution in [0.5, 0.6) is 0 Å². The molecule has 2 aliphatic carbocycles. The van der Waals surface area contributed by atoms with Gasteiger partial charge in [-0.05, 0) is 50.0 Å². The minimum atomic E-state index is 0.832. The lowest BCUT2D eigenvalue weighted by Gasteiger charge is -2.26. The Balaban J connectivity index is 1.60. The summed E-state index contributed by atoms with van der Waals surface area (Å²) in [7, 11) is 0. The van der Waals surface area contributed by atoms with Crippen LogP contribution in [0.1, 0.15) is 71.6 Å². The molecule has 17 heavy (non-hydrogen) atoms. The Morgan fingerprint density at radius 3 is 2.35 bits per heavy atom. The molecular formula is C16H31N. The van der Waals surface area contributed by atoms with Crippen LogP contribution in [0.2, 0.25) is 0 Å². The summed E-state index contributed by atoms with van der Waals surface area (Å²) < 4.78 is 0. The van der Waals surface area contributed by atoms with E-state index < -0.39 is 0 Å². The molecule has 0 bridgehead atoms. The topological polar surface area (TPSA) is 12.0 Å². The van der Waals surface area contributed by atoms with E-state index in [4.69, 9.17) is 0 Å². The van der Waals surface area contributed by atoms with Gasteiger partial charge in [0.15, 0.2) is 0 Å². The van der Waals surface area contributed by atoms with Crippen LogP contribution in [0.4, 0.5) is 0 Å². The van der Waals surface area contributed by atoms with Gasteiger partial charge in [-0.3, -0.25) is 0 Å². The molecule has 0 amide bonds. The highest BCUT2D eigenvalue weighted by Crippen LogP contribution is 2.30. The smallest absolute Gasteiger partial charge is 0.00671 e. The van der Waals surface area contributed by atoms with Crippen LogP contribution in [0.15, 0.2) is 0 Å². The molecule has 0 aromatic carbocycles. The van der Waals surface area contributed by atoms with Crippen molar-refractivity contribution >= 4 is 0 Å². The first-order valence-electron chi connectivity index (χ1n) is 7.99. The van der Waals surface area contributed by atoms with Gasteiger partial charge in [0, 0.05) is 6.04 Å². The molecule has 2 fully saturated rings. The molecular weight excluding hydrogens is 206 g/mol. The molecule has 2 aliphatic rings. The molecule has 0 aliphatic heterocycles. The van der Waals surface area contributed by atoms with Gasteiger partial charge in [-0.1, -0.05) is 46.0 Å². The molecule has 1 N–H and O–H groups in total. The van der Waals surface area contributed by atoms with Crippen molar-refractivity contribution in [3.8, 4) is 0 Å². The fraction of sp³-hybridized carbons (Fsp3) is 1.00. The fourth-order valence-corrected chi connectivity index (χ4v) is 3.47. The quantitative estimate of drug-likeness (QED) is 0.700. The third-order valence-corrected chi connectivity index (χ3v) is 5.17. The molecule has 0 saturated heterocycles. The summed E-state index contributed by atoms with van der Waals surface area (Å²) in [5.41, 5.74) is 0. The van der Waals surface area contributed by atoms with Crippen LogP contribution in [0, 0.1) is 17.8 Å². The van der Waals surface area contributed by atoms with Crippen LogP contribution in [-0.4, -0.2) is 12.6 Å². The van der Waals surface area contributed by atoms with Crippen molar-refractivity contribution in [1.29, 1.82) is 0 Å². The van der Waals surface area contributed by atoms with Crippen LogP contribution < -0.4 is 5.32 Å². The second-order valence-corrected chi connectivity index (χ2v) is 6.75. The van der Waals surface area contributed by atoms with Crippen LogP contribution in [-0.2, 0) is 0 Å². The van der Waals surface area contributed by atoms with Crippen molar-refractivity contribution in [2.24, 2.45) is 17.8 Å². The van der Waals surface area contributed by atoms with Crippen molar-refractivity contribution in [3.05, 3.63) is 0 Å². The Bertz CT molecular complexity index is 208. The van der Waals surface area contributed by atoms with Gasteiger partial charge < -0.3 is 5.32 Å². The van der Waals surface area contributed by atoms with E-state index in [1.165, 1.54) is 64.3 Å². The highest BCUT2D eigenvalue weighted by molar-refractivity contribution is 4.77. The number of hydrogen-bond donors (Lipinski definition) is 1. The lowest BCUT2D eigenvalue weighted by Crippen LogP contribution is -2.31.